The van der Waals surface area contributed by atoms with E-state index in [0.717, 1.165) is 7.11 Å². The number of methoxy groups -OCH3 is 1. The standard InChI is InChI=1S/C10H6F2INO2/c1-16-10(15)5-2-3-7(13)6(4-14)8(5)9(11)12/h2-3,9H,1H3. The zero-order chi connectivity index (χ0) is 12.3. The molecule has 0 radical (unpaired) electrons. The largest absolute Gasteiger partial charge is 0.465 e. The molecule has 0 spiro atoms. The molecule has 0 aliphatic heterocycles. The van der Waals surface area contributed by atoms with Crippen LogP contribution >= 0.6 is 22.6 Å². The van der Waals surface area contributed by atoms with Crippen LogP contribution in [0.25, 0.3) is 0 Å². The highest BCUT2D eigenvalue weighted by Gasteiger charge is 2.24. The Balaban J connectivity index is 3.53. The number of carbonyl (C=O) groups excluding carboxylic acids is 1. The number of alkyl halides is 2. The molecule has 0 N–H and O–H groups in total. The number of carbonyl (C=O) groups is 1. The Morgan fingerprint density at radius 2 is 2.19 bits per heavy atom. The van der Waals surface area contributed by atoms with Gasteiger partial charge in [0.25, 0.3) is 6.43 Å². The van der Waals surface area contributed by atoms with Gasteiger partial charge in [0.05, 0.1) is 23.8 Å². The van der Waals surface area contributed by atoms with Crippen molar-refractivity contribution in [3.8, 4) is 6.07 Å². The average molecular weight is 337 g/mol. The summed E-state index contributed by atoms with van der Waals surface area (Å²) in [4.78, 5) is 11.3. The van der Waals surface area contributed by atoms with E-state index >= 15 is 0 Å². The zero-order valence-corrected chi connectivity index (χ0v) is 10.3. The summed E-state index contributed by atoms with van der Waals surface area (Å²) in [5, 5.41) is 8.79. The van der Waals surface area contributed by atoms with E-state index in [1.165, 1.54) is 12.1 Å². The van der Waals surface area contributed by atoms with Crippen LogP contribution in [0.15, 0.2) is 12.1 Å². The first kappa shape index (κ1) is 12.8. The number of hydrogen-bond donors (Lipinski definition) is 0. The van der Waals surface area contributed by atoms with Crippen molar-refractivity contribution in [3.05, 3.63) is 32.4 Å². The highest BCUT2D eigenvalue weighted by atomic mass is 127. The van der Waals surface area contributed by atoms with Crippen LogP contribution < -0.4 is 0 Å². The van der Waals surface area contributed by atoms with Gasteiger partial charge in [-0.05, 0) is 34.7 Å². The van der Waals surface area contributed by atoms with Crippen molar-refractivity contribution in [3.63, 3.8) is 0 Å². The second-order valence-electron chi connectivity index (χ2n) is 2.79. The molecule has 0 atom stereocenters. The first-order valence-corrected chi connectivity index (χ1v) is 5.19. The van der Waals surface area contributed by atoms with Gasteiger partial charge < -0.3 is 4.74 Å². The highest BCUT2D eigenvalue weighted by molar-refractivity contribution is 14.1. The third-order valence-electron chi connectivity index (χ3n) is 1.93. The normalized spacial score (nSPS) is 10.0. The Labute approximate surface area is 104 Å². The van der Waals surface area contributed by atoms with E-state index < -0.39 is 18.0 Å². The molecule has 3 nitrogen and oxygen atoms in total. The number of nitriles is 1. The van der Waals surface area contributed by atoms with Crippen LogP contribution in [0, 0.1) is 14.9 Å². The van der Waals surface area contributed by atoms with Crippen molar-refractivity contribution in [1.82, 2.24) is 0 Å². The number of benzene rings is 1. The summed E-state index contributed by atoms with van der Waals surface area (Å²) in [5.41, 5.74) is -1.02. The van der Waals surface area contributed by atoms with E-state index in [1.54, 1.807) is 28.7 Å². The van der Waals surface area contributed by atoms with E-state index in [9.17, 15) is 13.6 Å². The van der Waals surface area contributed by atoms with E-state index in [2.05, 4.69) is 4.74 Å². The fraction of sp³-hybridized carbons (Fsp3) is 0.200. The summed E-state index contributed by atoms with van der Waals surface area (Å²) in [6.45, 7) is 0. The van der Waals surface area contributed by atoms with Crippen LogP contribution in [0.3, 0.4) is 0 Å². The Bertz CT molecular complexity index is 469. The van der Waals surface area contributed by atoms with Crippen LogP contribution in [0.1, 0.15) is 27.9 Å². The van der Waals surface area contributed by atoms with E-state index in [-0.39, 0.29) is 11.1 Å². The number of nitrogens with zero attached hydrogens (tertiary/aromatic N) is 1. The Morgan fingerprint density at radius 1 is 1.56 bits per heavy atom. The van der Waals surface area contributed by atoms with Gasteiger partial charge in [0.1, 0.15) is 6.07 Å². The Morgan fingerprint density at radius 3 is 2.62 bits per heavy atom. The van der Waals surface area contributed by atoms with Gasteiger partial charge in [-0.25, -0.2) is 13.6 Å². The first-order chi connectivity index (χ1) is 7.52. The first-order valence-electron chi connectivity index (χ1n) is 4.11. The summed E-state index contributed by atoms with van der Waals surface area (Å²) in [7, 11) is 1.10. The predicted octanol–water partition coefficient (Wildman–Crippen LogP) is 2.89. The lowest BCUT2D eigenvalue weighted by molar-refractivity contribution is 0.0589. The van der Waals surface area contributed by atoms with Crippen molar-refractivity contribution in [2.75, 3.05) is 7.11 Å². The van der Waals surface area contributed by atoms with Crippen LogP contribution in [0.5, 0.6) is 0 Å². The third kappa shape index (κ3) is 2.29. The lowest BCUT2D eigenvalue weighted by Crippen LogP contribution is -2.09. The molecule has 0 aliphatic rings. The molecule has 16 heavy (non-hydrogen) atoms. The molecule has 0 amide bonds. The molecule has 6 heteroatoms. The van der Waals surface area contributed by atoms with Gasteiger partial charge in [-0.2, -0.15) is 5.26 Å². The maximum absolute atomic E-state index is 12.8. The summed E-state index contributed by atoms with van der Waals surface area (Å²) < 4.78 is 30.3. The molecule has 1 rings (SSSR count). The van der Waals surface area contributed by atoms with E-state index in [4.69, 9.17) is 5.26 Å². The van der Waals surface area contributed by atoms with E-state index in [0.29, 0.717) is 3.57 Å². The van der Waals surface area contributed by atoms with Gasteiger partial charge in [-0.3, -0.25) is 0 Å². The molecule has 0 unspecified atom stereocenters. The smallest absolute Gasteiger partial charge is 0.338 e. The maximum Gasteiger partial charge on any atom is 0.338 e. The fourth-order valence-corrected chi connectivity index (χ4v) is 1.81. The summed E-state index contributed by atoms with van der Waals surface area (Å²) in [6.07, 6.45) is -2.89. The molecule has 0 saturated heterocycles. The summed E-state index contributed by atoms with van der Waals surface area (Å²) >= 11 is 1.76. The van der Waals surface area contributed by atoms with Crippen LogP contribution in [-0.4, -0.2) is 13.1 Å². The lowest BCUT2D eigenvalue weighted by Gasteiger charge is -2.09. The second kappa shape index (κ2) is 5.21. The molecule has 0 saturated carbocycles. The average Bonchev–Trinajstić information content (AvgIpc) is 2.27. The molecule has 1 aromatic carbocycles. The molecule has 0 aliphatic carbocycles. The van der Waals surface area contributed by atoms with Crippen molar-refractivity contribution in [1.29, 1.82) is 5.26 Å². The number of halogens is 3. The van der Waals surface area contributed by atoms with Crippen molar-refractivity contribution >= 4 is 28.6 Å². The molecule has 0 heterocycles. The molecule has 0 aromatic heterocycles. The van der Waals surface area contributed by atoms with Gasteiger partial charge in [-0.1, -0.05) is 0 Å². The molecular weight excluding hydrogens is 331 g/mol. The van der Waals surface area contributed by atoms with E-state index in [1.807, 2.05) is 0 Å². The predicted molar refractivity (Wildman–Crippen MR) is 60.2 cm³/mol. The minimum absolute atomic E-state index is 0.182. The third-order valence-corrected chi connectivity index (χ3v) is 2.83. The van der Waals surface area contributed by atoms with Crippen molar-refractivity contribution < 1.29 is 18.3 Å². The quantitative estimate of drug-likeness (QED) is 0.616. The van der Waals surface area contributed by atoms with Crippen LogP contribution in [0.2, 0.25) is 0 Å². The second-order valence-corrected chi connectivity index (χ2v) is 3.95. The molecule has 84 valence electrons. The van der Waals surface area contributed by atoms with Gasteiger partial charge in [0.15, 0.2) is 0 Å². The highest BCUT2D eigenvalue weighted by Crippen LogP contribution is 2.30. The molecule has 0 fully saturated rings. The number of esters is 1. The SMILES string of the molecule is COC(=O)c1ccc(I)c(C#N)c1C(F)F. The monoisotopic (exact) mass is 337 g/mol. The number of rotatable bonds is 2. The molecule has 1 aromatic rings. The lowest BCUT2D eigenvalue weighted by atomic mass is 10.0. The maximum atomic E-state index is 12.8. The van der Waals surface area contributed by atoms with Gasteiger partial charge in [-0.15, -0.1) is 0 Å². The Hall–Kier alpha value is -1.23. The fourth-order valence-electron chi connectivity index (χ4n) is 1.22. The minimum Gasteiger partial charge on any atom is -0.465 e. The summed E-state index contributed by atoms with van der Waals surface area (Å²) in [6, 6.07) is 4.33. The van der Waals surface area contributed by atoms with Crippen LogP contribution in [0.4, 0.5) is 8.78 Å². The Kier molecular flexibility index (Phi) is 4.18. The van der Waals surface area contributed by atoms with Gasteiger partial charge >= 0.3 is 5.97 Å². The van der Waals surface area contributed by atoms with Gasteiger partial charge in [0.2, 0.25) is 0 Å². The molecule has 0 bridgehead atoms. The van der Waals surface area contributed by atoms with Crippen LogP contribution in [-0.2, 0) is 4.74 Å². The summed E-state index contributed by atoms with van der Waals surface area (Å²) in [5.74, 6) is -0.872. The number of hydrogen-bond acceptors (Lipinski definition) is 3. The van der Waals surface area contributed by atoms with Crippen molar-refractivity contribution in [2.24, 2.45) is 0 Å². The minimum atomic E-state index is -2.89. The van der Waals surface area contributed by atoms with Gasteiger partial charge in [0, 0.05) is 3.57 Å². The molecular formula is C10H6F2INO2. The zero-order valence-electron chi connectivity index (χ0n) is 8.13. The topological polar surface area (TPSA) is 50.1 Å². The van der Waals surface area contributed by atoms with Crippen molar-refractivity contribution in [2.45, 2.75) is 6.43 Å². The number of ether oxygens (including phenoxy) is 1.